The summed E-state index contributed by atoms with van der Waals surface area (Å²) in [6, 6.07) is 1.63. The number of ether oxygens (including phenoxy) is 1. The SMILES string of the molecule is NS(=O)(=O)c1cccnc1OC(C(F)(F)F)C(F)(F)F. The highest BCUT2D eigenvalue weighted by Crippen LogP contribution is 2.37. The maximum absolute atomic E-state index is 12.3. The largest absolute Gasteiger partial charge is 0.454 e. The molecule has 114 valence electrons. The number of hydrogen-bond acceptors (Lipinski definition) is 4. The average molecular weight is 324 g/mol. The molecule has 1 aromatic rings. The highest BCUT2D eigenvalue weighted by Gasteiger charge is 2.59. The Balaban J connectivity index is 3.27. The Morgan fingerprint density at radius 2 is 1.65 bits per heavy atom. The lowest BCUT2D eigenvalue weighted by atomic mass is 10.3. The maximum atomic E-state index is 12.3. The van der Waals surface area contributed by atoms with Crippen molar-refractivity contribution in [3.63, 3.8) is 0 Å². The Hall–Kier alpha value is -1.56. The van der Waals surface area contributed by atoms with E-state index in [4.69, 9.17) is 0 Å². The molecule has 1 heterocycles. The molecule has 0 radical (unpaired) electrons. The van der Waals surface area contributed by atoms with Crippen molar-refractivity contribution >= 4 is 10.0 Å². The second kappa shape index (κ2) is 5.09. The molecule has 0 aliphatic carbocycles. The zero-order chi connectivity index (χ0) is 15.8. The van der Waals surface area contributed by atoms with Crippen LogP contribution in [0.2, 0.25) is 0 Å². The van der Waals surface area contributed by atoms with Gasteiger partial charge in [0.2, 0.25) is 15.9 Å². The molecule has 0 aliphatic heterocycles. The molecule has 0 saturated heterocycles. The van der Waals surface area contributed by atoms with Crippen LogP contribution >= 0.6 is 0 Å². The van der Waals surface area contributed by atoms with E-state index in [1.807, 2.05) is 0 Å². The van der Waals surface area contributed by atoms with E-state index in [1.165, 1.54) is 0 Å². The highest BCUT2D eigenvalue weighted by molar-refractivity contribution is 7.89. The van der Waals surface area contributed by atoms with Gasteiger partial charge in [0.25, 0.3) is 6.10 Å². The number of hydrogen-bond donors (Lipinski definition) is 1. The molecule has 20 heavy (non-hydrogen) atoms. The molecular formula is C8H6F6N2O3S. The predicted octanol–water partition coefficient (Wildman–Crippen LogP) is 1.60. The van der Waals surface area contributed by atoms with Gasteiger partial charge in [-0.1, -0.05) is 0 Å². The second-order valence-corrected chi connectivity index (χ2v) is 4.96. The first kappa shape index (κ1) is 16.5. The monoisotopic (exact) mass is 324 g/mol. The van der Waals surface area contributed by atoms with Gasteiger partial charge in [0.05, 0.1) is 0 Å². The van der Waals surface area contributed by atoms with Gasteiger partial charge < -0.3 is 4.74 Å². The molecule has 0 fully saturated rings. The molecule has 2 N–H and O–H groups in total. The maximum Gasteiger partial charge on any atom is 0.434 e. The van der Waals surface area contributed by atoms with Gasteiger partial charge in [-0.3, -0.25) is 0 Å². The number of pyridine rings is 1. The fraction of sp³-hybridized carbons (Fsp3) is 0.375. The number of alkyl halides is 6. The van der Waals surface area contributed by atoms with Crippen molar-refractivity contribution in [1.82, 2.24) is 4.98 Å². The van der Waals surface area contributed by atoms with Crippen molar-refractivity contribution in [3.05, 3.63) is 18.3 Å². The van der Waals surface area contributed by atoms with Gasteiger partial charge >= 0.3 is 12.4 Å². The van der Waals surface area contributed by atoms with E-state index in [-0.39, 0.29) is 0 Å². The second-order valence-electron chi connectivity index (χ2n) is 3.43. The van der Waals surface area contributed by atoms with E-state index in [2.05, 4.69) is 14.9 Å². The zero-order valence-electron chi connectivity index (χ0n) is 9.23. The van der Waals surface area contributed by atoms with Gasteiger partial charge in [0.1, 0.15) is 4.90 Å². The van der Waals surface area contributed by atoms with Crippen LogP contribution in [0.1, 0.15) is 0 Å². The van der Waals surface area contributed by atoms with Crippen LogP contribution in [-0.4, -0.2) is 31.9 Å². The van der Waals surface area contributed by atoms with E-state index < -0.39 is 39.3 Å². The highest BCUT2D eigenvalue weighted by atomic mass is 32.2. The van der Waals surface area contributed by atoms with Crippen molar-refractivity contribution in [2.24, 2.45) is 5.14 Å². The number of primary sulfonamides is 1. The molecule has 1 rings (SSSR count). The Morgan fingerprint density at radius 3 is 2.05 bits per heavy atom. The minimum atomic E-state index is -5.80. The first-order valence-corrected chi connectivity index (χ1v) is 6.16. The molecule has 12 heteroatoms. The molecule has 0 bridgehead atoms. The quantitative estimate of drug-likeness (QED) is 0.856. The van der Waals surface area contributed by atoms with Crippen LogP contribution in [0.3, 0.4) is 0 Å². The third-order valence-corrected chi connectivity index (χ3v) is 2.79. The van der Waals surface area contributed by atoms with Crippen molar-refractivity contribution in [1.29, 1.82) is 0 Å². The standard InChI is InChI=1S/C8H6F6N2O3S/c9-7(10,11)6(8(12,13)14)19-5-4(20(15,17)18)2-1-3-16-5/h1-3,6H,(H2,15,17,18). The normalized spacial score (nSPS) is 13.6. The van der Waals surface area contributed by atoms with Gasteiger partial charge in [-0.2, -0.15) is 26.3 Å². The number of aromatic nitrogens is 1. The molecule has 1 aromatic heterocycles. The van der Waals surface area contributed by atoms with E-state index in [0.717, 1.165) is 12.3 Å². The lowest BCUT2D eigenvalue weighted by Crippen LogP contribution is -2.47. The van der Waals surface area contributed by atoms with Gasteiger partial charge in [-0.25, -0.2) is 18.5 Å². The summed E-state index contributed by atoms with van der Waals surface area (Å²) in [4.78, 5) is 1.95. The van der Waals surface area contributed by atoms with Crippen LogP contribution < -0.4 is 9.88 Å². The van der Waals surface area contributed by atoms with E-state index in [9.17, 15) is 34.8 Å². The molecule has 0 atom stereocenters. The minimum Gasteiger partial charge on any atom is -0.454 e. The smallest absolute Gasteiger partial charge is 0.434 e. The summed E-state index contributed by atoms with van der Waals surface area (Å²) in [5.74, 6) is -1.38. The summed E-state index contributed by atoms with van der Waals surface area (Å²) in [6.07, 6.45) is -15.1. The number of nitrogens with zero attached hydrogens (tertiary/aromatic N) is 1. The number of sulfonamides is 1. The van der Waals surface area contributed by atoms with Crippen LogP contribution in [0.5, 0.6) is 5.88 Å². The first-order chi connectivity index (χ1) is 8.83. The summed E-state index contributed by atoms with van der Waals surface area (Å²) in [7, 11) is -4.59. The third kappa shape index (κ3) is 3.96. The lowest BCUT2D eigenvalue weighted by Gasteiger charge is -2.23. The molecule has 0 amide bonds. The van der Waals surface area contributed by atoms with Crippen LogP contribution in [0.4, 0.5) is 26.3 Å². The predicted molar refractivity (Wildman–Crippen MR) is 52.1 cm³/mol. The Bertz CT molecular complexity index is 569. The Labute approximate surface area is 108 Å². The number of rotatable bonds is 3. The average Bonchev–Trinajstić information content (AvgIpc) is 2.22. The summed E-state index contributed by atoms with van der Waals surface area (Å²) in [5, 5.41) is 4.64. The molecule has 0 spiro atoms. The third-order valence-electron chi connectivity index (χ3n) is 1.87. The molecule has 0 aromatic carbocycles. The van der Waals surface area contributed by atoms with Crippen LogP contribution in [0.15, 0.2) is 23.2 Å². The summed E-state index contributed by atoms with van der Waals surface area (Å²) in [5.41, 5.74) is 0. The number of halogens is 6. The van der Waals surface area contributed by atoms with Crippen molar-refractivity contribution < 1.29 is 39.5 Å². The molecule has 5 nitrogen and oxygen atoms in total. The van der Waals surface area contributed by atoms with Crippen molar-refractivity contribution in [2.75, 3.05) is 0 Å². The van der Waals surface area contributed by atoms with Crippen molar-refractivity contribution in [2.45, 2.75) is 23.4 Å². The van der Waals surface area contributed by atoms with Crippen LogP contribution in [0, 0.1) is 0 Å². The van der Waals surface area contributed by atoms with Gasteiger partial charge in [-0.15, -0.1) is 0 Å². The summed E-state index contributed by atoms with van der Waals surface area (Å²) >= 11 is 0. The summed E-state index contributed by atoms with van der Waals surface area (Å²) < 4.78 is 99.4. The fourth-order valence-electron chi connectivity index (χ4n) is 1.11. The minimum absolute atomic E-state index is 0.668. The summed E-state index contributed by atoms with van der Waals surface area (Å²) in [6.45, 7) is 0. The lowest BCUT2D eigenvalue weighted by molar-refractivity contribution is -0.300. The van der Waals surface area contributed by atoms with Crippen LogP contribution in [0.25, 0.3) is 0 Å². The van der Waals surface area contributed by atoms with Gasteiger partial charge in [0, 0.05) is 6.20 Å². The molecular weight excluding hydrogens is 318 g/mol. The van der Waals surface area contributed by atoms with E-state index in [0.29, 0.717) is 6.07 Å². The Kier molecular flexibility index (Phi) is 4.20. The topological polar surface area (TPSA) is 82.3 Å². The van der Waals surface area contributed by atoms with Crippen molar-refractivity contribution in [3.8, 4) is 5.88 Å². The van der Waals surface area contributed by atoms with E-state index >= 15 is 0 Å². The molecule has 0 unspecified atom stereocenters. The Morgan fingerprint density at radius 1 is 1.15 bits per heavy atom. The zero-order valence-corrected chi connectivity index (χ0v) is 10.1. The number of nitrogens with two attached hydrogens (primary N) is 1. The van der Waals surface area contributed by atoms with Gasteiger partial charge in [-0.05, 0) is 12.1 Å². The molecule has 0 saturated carbocycles. The van der Waals surface area contributed by atoms with Crippen LogP contribution in [-0.2, 0) is 10.0 Å². The van der Waals surface area contributed by atoms with Gasteiger partial charge in [0.15, 0.2) is 0 Å². The fourth-order valence-corrected chi connectivity index (χ4v) is 1.72. The first-order valence-electron chi connectivity index (χ1n) is 4.61. The van der Waals surface area contributed by atoms with E-state index in [1.54, 1.807) is 0 Å². The molecule has 0 aliphatic rings.